The number of nitrogens with two attached hydrogens (primary N) is 2. The number of fused-ring (bicyclic) bond motifs is 1. The van der Waals surface area contributed by atoms with Crippen molar-refractivity contribution in [3.63, 3.8) is 0 Å². The number of carbonyl (C=O) groups excluding carboxylic acids is 1. The van der Waals surface area contributed by atoms with Crippen molar-refractivity contribution in [2.75, 3.05) is 11.1 Å². The lowest BCUT2D eigenvalue weighted by atomic mass is 9.97. The maximum atomic E-state index is 11.9. The van der Waals surface area contributed by atoms with Crippen LogP contribution in [-0.4, -0.2) is 10.9 Å². The quantitative estimate of drug-likeness (QED) is 0.639. The van der Waals surface area contributed by atoms with Gasteiger partial charge >= 0.3 is 0 Å². The molecular weight excluding hydrogens is 312 g/mol. The molecule has 0 radical (unpaired) electrons. The Hall–Kier alpha value is -2.92. The number of rotatable bonds is 4. The van der Waals surface area contributed by atoms with Crippen molar-refractivity contribution in [3.8, 4) is 11.1 Å². The number of benzene rings is 2. The summed E-state index contributed by atoms with van der Waals surface area (Å²) in [5, 5.41) is 4.92. The molecule has 1 aromatic heterocycles. The zero-order valence-electron chi connectivity index (χ0n) is 13.8. The second-order valence-electron chi connectivity index (χ2n) is 6.52. The van der Waals surface area contributed by atoms with Crippen molar-refractivity contribution in [3.05, 3.63) is 54.2 Å². The molecule has 0 spiro atoms. The first kappa shape index (κ1) is 15.6. The Labute approximate surface area is 146 Å². The molecule has 1 heterocycles. The molecule has 1 amide bonds. The predicted molar refractivity (Wildman–Crippen MR) is 101 cm³/mol. The first-order chi connectivity index (χ1) is 12.1. The SMILES string of the molecule is NCc1ccc(N)cc1-c1ccc2cc(NC(=O)C3CC3)ncc2c1. The number of nitrogens with one attached hydrogen (secondary N) is 1. The van der Waals surface area contributed by atoms with Gasteiger partial charge in [0.2, 0.25) is 5.91 Å². The van der Waals surface area contributed by atoms with Gasteiger partial charge in [0.15, 0.2) is 0 Å². The number of carbonyl (C=O) groups is 1. The second-order valence-corrected chi connectivity index (χ2v) is 6.52. The fraction of sp³-hybridized carbons (Fsp3) is 0.200. The van der Waals surface area contributed by atoms with Gasteiger partial charge in [-0.1, -0.05) is 18.2 Å². The first-order valence-electron chi connectivity index (χ1n) is 8.43. The van der Waals surface area contributed by atoms with E-state index in [1.54, 1.807) is 6.20 Å². The van der Waals surface area contributed by atoms with E-state index in [-0.39, 0.29) is 11.8 Å². The number of hydrogen-bond donors (Lipinski definition) is 3. The number of anilines is 2. The largest absolute Gasteiger partial charge is 0.399 e. The lowest BCUT2D eigenvalue weighted by Gasteiger charge is -2.11. The molecular formula is C20H20N4O. The van der Waals surface area contributed by atoms with E-state index in [0.717, 1.165) is 40.3 Å². The van der Waals surface area contributed by atoms with Gasteiger partial charge in [0.25, 0.3) is 0 Å². The lowest BCUT2D eigenvalue weighted by molar-refractivity contribution is -0.117. The molecule has 0 saturated heterocycles. The summed E-state index contributed by atoms with van der Waals surface area (Å²) < 4.78 is 0. The second kappa shape index (κ2) is 6.18. The van der Waals surface area contributed by atoms with Crippen LogP contribution in [0.4, 0.5) is 11.5 Å². The van der Waals surface area contributed by atoms with Crippen molar-refractivity contribution in [1.82, 2.24) is 4.98 Å². The maximum absolute atomic E-state index is 11.9. The molecule has 0 atom stereocenters. The van der Waals surface area contributed by atoms with Crippen LogP contribution in [0, 0.1) is 5.92 Å². The van der Waals surface area contributed by atoms with Crippen LogP contribution < -0.4 is 16.8 Å². The molecule has 5 N–H and O–H groups in total. The maximum Gasteiger partial charge on any atom is 0.228 e. The molecule has 1 aliphatic rings. The number of hydrogen-bond acceptors (Lipinski definition) is 4. The monoisotopic (exact) mass is 332 g/mol. The minimum Gasteiger partial charge on any atom is -0.399 e. The highest BCUT2D eigenvalue weighted by atomic mass is 16.2. The molecule has 3 aromatic rings. The minimum absolute atomic E-state index is 0.0656. The molecule has 1 aliphatic carbocycles. The Bertz CT molecular complexity index is 963. The summed E-state index contributed by atoms with van der Waals surface area (Å²) in [5.74, 6) is 0.831. The Morgan fingerprint density at radius 2 is 1.96 bits per heavy atom. The fourth-order valence-electron chi connectivity index (χ4n) is 2.99. The van der Waals surface area contributed by atoms with E-state index >= 15 is 0 Å². The van der Waals surface area contributed by atoms with Crippen molar-refractivity contribution >= 4 is 28.2 Å². The highest BCUT2D eigenvalue weighted by molar-refractivity contribution is 5.96. The number of nitrogens with zero attached hydrogens (tertiary/aromatic N) is 1. The van der Waals surface area contributed by atoms with E-state index in [1.165, 1.54) is 0 Å². The van der Waals surface area contributed by atoms with Gasteiger partial charge in [-0.3, -0.25) is 4.79 Å². The summed E-state index contributed by atoms with van der Waals surface area (Å²) in [6, 6.07) is 13.8. The van der Waals surface area contributed by atoms with Gasteiger partial charge in [-0.25, -0.2) is 4.98 Å². The highest BCUT2D eigenvalue weighted by Gasteiger charge is 2.29. The van der Waals surface area contributed by atoms with Crippen LogP contribution in [0.2, 0.25) is 0 Å². The van der Waals surface area contributed by atoms with Gasteiger partial charge in [-0.05, 0) is 59.2 Å². The third-order valence-corrected chi connectivity index (χ3v) is 4.59. The van der Waals surface area contributed by atoms with Crippen LogP contribution >= 0.6 is 0 Å². The summed E-state index contributed by atoms with van der Waals surface area (Å²) >= 11 is 0. The summed E-state index contributed by atoms with van der Waals surface area (Å²) in [5.41, 5.74) is 15.6. The van der Waals surface area contributed by atoms with E-state index in [2.05, 4.69) is 16.4 Å². The van der Waals surface area contributed by atoms with Crippen molar-refractivity contribution in [1.29, 1.82) is 0 Å². The van der Waals surface area contributed by atoms with Gasteiger partial charge in [0.05, 0.1) is 0 Å². The lowest BCUT2D eigenvalue weighted by Crippen LogP contribution is -2.14. The van der Waals surface area contributed by atoms with Gasteiger partial charge in [0.1, 0.15) is 5.82 Å². The Kier molecular flexibility index (Phi) is 3.86. The predicted octanol–water partition coefficient (Wildman–Crippen LogP) is 3.29. The minimum atomic E-state index is 0.0656. The first-order valence-corrected chi connectivity index (χ1v) is 8.43. The molecule has 4 rings (SSSR count). The van der Waals surface area contributed by atoms with E-state index in [9.17, 15) is 4.79 Å². The molecule has 0 unspecified atom stereocenters. The van der Waals surface area contributed by atoms with E-state index in [4.69, 9.17) is 11.5 Å². The van der Waals surface area contributed by atoms with Gasteiger partial charge in [-0.15, -0.1) is 0 Å². The summed E-state index contributed by atoms with van der Waals surface area (Å²) in [7, 11) is 0. The number of amides is 1. The third-order valence-electron chi connectivity index (χ3n) is 4.59. The van der Waals surface area contributed by atoms with Crippen LogP contribution in [0.15, 0.2) is 48.7 Å². The van der Waals surface area contributed by atoms with Crippen molar-refractivity contribution < 1.29 is 4.79 Å². The normalized spacial score (nSPS) is 13.8. The Morgan fingerprint density at radius 3 is 2.72 bits per heavy atom. The average molecular weight is 332 g/mol. The van der Waals surface area contributed by atoms with Crippen molar-refractivity contribution in [2.24, 2.45) is 11.7 Å². The molecule has 0 bridgehead atoms. The summed E-state index contributed by atoms with van der Waals surface area (Å²) in [4.78, 5) is 16.2. The fourth-order valence-corrected chi connectivity index (χ4v) is 2.99. The van der Waals surface area contributed by atoms with Crippen LogP contribution in [0.5, 0.6) is 0 Å². The topological polar surface area (TPSA) is 94.0 Å². The standard InChI is InChI=1S/C20H20N4O/c21-10-15-5-6-17(22)9-18(15)14-4-3-13-8-19(23-11-16(13)7-14)24-20(25)12-1-2-12/h3-9,11-12H,1-2,10,21-22H2,(H,23,24,25). The van der Waals surface area contributed by atoms with Crippen LogP contribution in [-0.2, 0) is 11.3 Å². The zero-order chi connectivity index (χ0) is 17.4. The number of aromatic nitrogens is 1. The van der Waals surface area contributed by atoms with Gasteiger partial charge in [-0.2, -0.15) is 0 Å². The van der Waals surface area contributed by atoms with Crippen molar-refractivity contribution in [2.45, 2.75) is 19.4 Å². The summed E-state index contributed by atoms with van der Waals surface area (Å²) in [6.45, 7) is 0.456. The summed E-state index contributed by atoms with van der Waals surface area (Å²) in [6.07, 6.45) is 3.74. The van der Waals surface area contributed by atoms with E-state index in [1.807, 2.05) is 36.4 Å². The van der Waals surface area contributed by atoms with E-state index in [0.29, 0.717) is 18.1 Å². The molecule has 25 heavy (non-hydrogen) atoms. The number of pyridine rings is 1. The van der Waals surface area contributed by atoms with Gasteiger partial charge < -0.3 is 16.8 Å². The van der Waals surface area contributed by atoms with Gasteiger partial charge in [0, 0.05) is 29.7 Å². The van der Waals surface area contributed by atoms with Crippen LogP contribution in [0.25, 0.3) is 21.9 Å². The third kappa shape index (κ3) is 3.19. The number of nitrogen functional groups attached to an aromatic ring is 1. The highest BCUT2D eigenvalue weighted by Crippen LogP contribution is 2.31. The molecule has 5 nitrogen and oxygen atoms in total. The van der Waals surface area contributed by atoms with Crippen LogP contribution in [0.3, 0.4) is 0 Å². The molecule has 1 fully saturated rings. The smallest absolute Gasteiger partial charge is 0.228 e. The Balaban J connectivity index is 1.69. The Morgan fingerprint density at radius 1 is 1.12 bits per heavy atom. The zero-order valence-corrected chi connectivity index (χ0v) is 13.8. The molecule has 1 saturated carbocycles. The molecule has 0 aliphatic heterocycles. The van der Waals surface area contributed by atoms with E-state index < -0.39 is 0 Å². The van der Waals surface area contributed by atoms with Crippen LogP contribution in [0.1, 0.15) is 18.4 Å². The molecule has 126 valence electrons. The molecule has 2 aromatic carbocycles. The average Bonchev–Trinajstić information content (AvgIpc) is 3.46. The molecule has 5 heteroatoms.